The molecule has 0 aliphatic carbocycles. The van der Waals surface area contributed by atoms with Crippen molar-refractivity contribution in [2.75, 3.05) is 6.54 Å². The van der Waals surface area contributed by atoms with Crippen molar-refractivity contribution in [2.24, 2.45) is 5.41 Å². The third-order valence-electron chi connectivity index (χ3n) is 6.20. The summed E-state index contributed by atoms with van der Waals surface area (Å²) in [5.74, 6) is -1.71. The Balaban J connectivity index is 1.76. The molecule has 1 aromatic carbocycles. The number of amides is 3. The van der Waals surface area contributed by atoms with Gasteiger partial charge in [0.1, 0.15) is 18.2 Å². The maximum absolute atomic E-state index is 14.9. The topological polar surface area (TPSA) is 112 Å². The van der Waals surface area contributed by atoms with Crippen molar-refractivity contribution in [3.05, 3.63) is 40.5 Å². The number of β-amino-alcohol motifs (C(OH)–C–C–N with tert-alkyl or cyclic N) is 1. The molecule has 0 bridgehead atoms. The highest BCUT2D eigenvalue weighted by Crippen LogP contribution is 2.30. The second kappa shape index (κ2) is 10.4. The first-order valence-corrected chi connectivity index (χ1v) is 12.4. The number of alkyl halides is 1. The van der Waals surface area contributed by atoms with Gasteiger partial charge in [-0.1, -0.05) is 39.0 Å². The molecule has 3 amide bonds. The van der Waals surface area contributed by atoms with Gasteiger partial charge in [0.15, 0.2) is 6.17 Å². The van der Waals surface area contributed by atoms with Crippen LogP contribution in [0.15, 0.2) is 23.7 Å². The summed E-state index contributed by atoms with van der Waals surface area (Å²) in [5, 5.41) is 15.5. The molecule has 0 radical (unpaired) electrons. The Morgan fingerprint density at radius 2 is 1.97 bits per heavy atom. The van der Waals surface area contributed by atoms with Gasteiger partial charge in [-0.05, 0) is 36.0 Å². The molecule has 1 aromatic heterocycles. The quantitative estimate of drug-likeness (QED) is 0.560. The van der Waals surface area contributed by atoms with Crippen LogP contribution in [0.5, 0.6) is 0 Å². The lowest BCUT2D eigenvalue weighted by Crippen LogP contribution is -2.58. The highest BCUT2D eigenvalue weighted by molar-refractivity contribution is 7.13. The normalized spacial score (nSPS) is 21.0. The van der Waals surface area contributed by atoms with Crippen molar-refractivity contribution in [1.82, 2.24) is 20.5 Å². The van der Waals surface area contributed by atoms with Crippen molar-refractivity contribution in [1.29, 1.82) is 0 Å². The van der Waals surface area contributed by atoms with E-state index in [9.17, 15) is 23.9 Å². The second-order valence-electron chi connectivity index (χ2n) is 10.1. The van der Waals surface area contributed by atoms with Gasteiger partial charge in [0, 0.05) is 13.5 Å². The Kier molecular flexibility index (Phi) is 7.96. The summed E-state index contributed by atoms with van der Waals surface area (Å²) in [4.78, 5) is 44.4. The number of aryl methyl sites for hydroxylation is 2. The van der Waals surface area contributed by atoms with Gasteiger partial charge in [-0.2, -0.15) is 0 Å². The first-order valence-electron chi connectivity index (χ1n) is 11.5. The fourth-order valence-corrected chi connectivity index (χ4v) is 5.03. The van der Waals surface area contributed by atoms with E-state index in [2.05, 4.69) is 15.6 Å². The standard InChI is InChI=1S/C25H33FN4O4S/c1-13-9-16(21-14(2)28-12-35-21)7-8-17(13)10-27-23(33)20-19(26)18(32)11-30(20)24(34)22(25(4,5)6)29-15(3)31/h7-9,12,18-20,22,32H,10-11H2,1-6H3,(H,27,33)(H,29,31). The number of likely N-dealkylation sites (tertiary alicyclic amines) is 1. The first kappa shape index (κ1) is 26.7. The van der Waals surface area contributed by atoms with Crippen LogP contribution in [-0.2, 0) is 20.9 Å². The number of thiazole rings is 1. The van der Waals surface area contributed by atoms with Gasteiger partial charge in [0.25, 0.3) is 0 Å². The number of benzene rings is 1. The summed E-state index contributed by atoms with van der Waals surface area (Å²) < 4.78 is 14.9. The van der Waals surface area contributed by atoms with Crippen molar-refractivity contribution in [2.45, 2.75) is 72.4 Å². The summed E-state index contributed by atoms with van der Waals surface area (Å²) in [6.07, 6.45) is -3.43. The summed E-state index contributed by atoms with van der Waals surface area (Å²) in [5.41, 5.74) is 4.89. The SMILES string of the molecule is CC(=O)NC(C(=O)N1CC(O)C(F)C1C(=O)NCc1ccc(-c2scnc2C)cc1C)C(C)(C)C. The fourth-order valence-electron chi connectivity index (χ4n) is 4.23. The van der Waals surface area contributed by atoms with Crippen LogP contribution in [0.2, 0.25) is 0 Å². The minimum atomic E-state index is -1.94. The average Bonchev–Trinajstić information content (AvgIpc) is 3.32. The Labute approximate surface area is 208 Å². The molecule has 1 fully saturated rings. The number of aliphatic hydroxyl groups is 1. The number of aromatic nitrogens is 1. The van der Waals surface area contributed by atoms with Crippen LogP contribution in [0, 0.1) is 19.3 Å². The maximum Gasteiger partial charge on any atom is 0.246 e. The average molecular weight is 505 g/mol. The van der Waals surface area contributed by atoms with E-state index >= 15 is 0 Å². The molecule has 2 heterocycles. The molecular weight excluding hydrogens is 471 g/mol. The number of rotatable bonds is 6. The molecule has 0 saturated carbocycles. The number of nitrogens with zero attached hydrogens (tertiary/aromatic N) is 2. The molecule has 4 atom stereocenters. The Hall–Kier alpha value is -2.85. The predicted molar refractivity (Wildman–Crippen MR) is 132 cm³/mol. The third kappa shape index (κ3) is 5.87. The van der Waals surface area contributed by atoms with Crippen LogP contribution in [0.3, 0.4) is 0 Å². The molecule has 1 aliphatic rings. The number of aliphatic hydroxyl groups excluding tert-OH is 1. The number of carbonyl (C=O) groups is 3. The van der Waals surface area contributed by atoms with Crippen molar-refractivity contribution >= 4 is 29.1 Å². The first-order chi connectivity index (χ1) is 16.3. The van der Waals surface area contributed by atoms with Crippen LogP contribution in [0.4, 0.5) is 4.39 Å². The molecule has 35 heavy (non-hydrogen) atoms. The smallest absolute Gasteiger partial charge is 0.246 e. The molecule has 190 valence electrons. The zero-order valence-corrected chi connectivity index (χ0v) is 21.7. The number of hydrogen-bond donors (Lipinski definition) is 3. The summed E-state index contributed by atoms with van der Waals surface area (Å²) in [7, 11) is 0. The number of hydrogen-bond acceptors (Lipinski definition) is 6. The lowest BCUT2D eigenvalue weighted by Gasteiger charge is -2.35. The van der Waals surface area contributed by atoms with Gasteiger partial charge < -0.3 is 20.6 Å². The van der Waals surface area contributed by atoms with Crippen molar-refractivity contribution in [3.63, 3.8) is 0 Å². The second-order valence-corrected chi connectivity index (χ2v) is 10.9. The monoisotopic (exact) mass is 504 g/mol. The number of carbonyl (C=O) groups excluding carboxylic acids is 3. The van der Waals surface area contributed by atoms with Gasteiger partial charge in [-0.15, -0.1) is 11.3 Å². The molecule has 1 aliphatic heterocycles. The van der Waals surface area contributed by atoms with Crippen LogP contribution in [-0.4, -0.2) is 63.6 Å². The highest BCUT2D eigenvalue weighted by Gasteiger charge is 2.50. The van der Waals surface area contributed by atoms with E-state index in [1.807, 2.05) is 32.0 Å². The number of nitrogens with one attached hydrogen (secondary N) is 2. The minimum Gasteiger partial charge on any atom is -0.388 e. The molecule has 10 heteroatoms. The minimum absolute atomic E-state index is 0.141. The highest BCUT2D eigenvalue weighted by atomic mass is 32.1. The molecule has 3 rings (SSSR count). The number of halogens is 1. The predicted octanol–water partition coefficient (Wildman–Crippen LogP) is 2.50. The van der Waals surface area contributed by atoms with Gasteiger partial charge in [-0.25, -0.2) is 9.37 Å². The van der Waals surface area contributed by atoms with Crippen LogP contribution in [0.25, 0.3) is 10.4 Å². The van der Waals surface area contributed by atoms with E-state index in [4.69, 9.17) is 0 Å². The fraction of sp³-hybridized carbons (Fsp3) is 0.520. The molecule has 3 N–H and O–H groups in total. The van der Waals surface area contributed by atoms with E-state index in [1.54, 1.807) is 37.6 Å². The third-order valence-corrected chi connectivity index (χ3v) is 7.18. The Morgan fingerprint density at radius 1 is 1.29 bits per heavy atom. The largest absolute Gasteiger partial charge is 0.388 e. The van der Waals surface area contributed by atoms with E-state index in [0.717, 1.165) is 32.2 Å². The zero-order chi connectivity index (χ0) is 26.1. The molecule has 0 spiro atoms. The van der Waals surface area contributed by atoms with Gasteiger partial charge >= 0.3 is 0 Å². The lowest BCUT2D eigenvalue weighted by molar-refractivity contribution is -0.144. The van der Waals surface area contributed by atoms with Gasteiger partial charge in [-0.3, -0.25) is 14.4 Å². The van der Waals surface area contributed by atoms with E-state index in [1.165, 1.54) is 6.92 Å². The van der Waals surface area contributed by atoms with Crippen LogP contribution < -0.4 is 10.6 Å². The van der Waals surface area contributed by atoms with Crippen molar-refractivity contribution < 1.29 is 23.9 Å². The van der Waals surface area contributed by atoms with Gasteiger partial charge in [0.2, 0.25) is 17.7 Å². The van der Waals surface area contributed by atoms with Crippen LogP contribution >= 0.6 is 11.3 Å². The Morgan fingerprint density at radius 3 is 2.51 bits per heavy atom. The Bertz CT molecular complexity index is 1110. The summed E-state index contributed by atoms with van der Waals surface area (Å²) in [6.45, 7) is 10.3. The van der Waals surface area contributed by atoms with E-state index in [-0.39, 0.29) is 13.1 Å². The zero-order valence-electron chi connectivity index (χ0n) is 20.9. The van der Waals surface area contributed by atoms with Crippen LogP contribution in [0.1, 0.15) is 44.5 Å². The lowest BCUT2D eigenvalue weighted by atomic mass is 9.85. The molecule has 2 aromatic rings. The molecular formula is C25H33FN4O4S. The summed E-state index contributed by atoms with van der Waals surface area (Å²) >= 11 is 1.55. The van der Waals surface area contributed by atoms with E-state index in [0.29, 0.717) is 0 Å². The summed E-state index contributed by atoms with van der Waals surface area (Å²) in [6, 6.07) is 3.39. The molecule has 1 saturated heterocycles. The van der Waals surface area contributed by atoms with Gasteiger partial charge in [0.05, 0.1) is 22.6 Å². The molecule has 4 unspecified atom stereocenters. The van der Waals surface area contributed by atoms with Crippen molar-refractivity contribution in [3.8, 4) is 10.4 Å². The molecule has 8 nitrogen and oxygen atoms in total. The van der Waals surface area contributed by atoms with E-state index < -0.39 is 47.5 Å². The maximum atomic E-state index is 14.9.